The minimum atomic E-state index is -1.37. The molecule has 0 aromatic heterocycles. The molecule has 48 heavy (non-hydrogen) atoms. The van der Waals surface area contributed by atoms with Crippen molar-refractivity contribution in [1.82, 2.24) is 0 Å². The van der Waals surface area contributed by atoms with E-state index in [9.17, 15) is 24.9 Å². The summed E-state index contributed by atoms with van der Waals surface area (Å²) in [5.41, 5.74) is 0.545. The van der Waals surface area contributed by atoms with Gasteiger partial charge in [0.2, 0.25) is 0 Å². The third-order valence-corrected chi connectivity index (χ3v) is 13.9. The van der Waals surface area contributed by atoms with Gasteiger partial charge in [-0.15, -0.1) is 0 Å². The molecule has 4 aliphatic rings. The molecule has 9 heteroatoms. The molecule has 0 amide bonds. The average molecular weight is 677 g/mol. The highest BCUT2D eigenvalue weighted by Gasteiger charge is 2.70. The number of methoxy groups -OCH3 is 1. The summed E-state index contributed by atoms with van der Waals surface area (Å²) in [5.74, 6) is -0.356. The SMILES string of the molecule is C=C(CCC(C)(O)C1CCC2(C)C1C(OC1OCC(O)C(O)C1OC(C)=O)CC1C(C)(CCC(=O)OC)C(C(=C)C)CCC12C)C(C)C. The van der Waals surface area contributed by atoms with Crippen LogP contribution < -0.4 is 0 Å². The predicted octanol–water partition coefficient (Wildman–Crippen LogP) is 6.13. The number of rotatable bonds is 12. The van der Waals surface area contributed by atoms with E-state index in [0.717, 1.165) is 43.3 Å². The summed E-state index contributed by atoms with van der Waals surface area (Å²) in [5, 5.41) is 33.7. The van der Waals surface area contributed by atoms with E-state index in [1.807, 2.05) is 6.92 Å². The molecular weight excluding hydrogens is 612 g/mol. The number of aliphatic hydroxyl groups excluding tert-OH is 2. The normalized spacial score (nSPS) is 42.3. The van der Waals surface area contributed by atoms with Crippen LogP contribution in [0.1, 0.15) is 113 Å². The second kappa shape index (κ2) is 14.5. The molecule has 0 aromatic rings. The molecule has 4 rings (SSSR count). The zero-order chi connectivity index (χ0) is 36.0. The van der Waals surface area contributed by atoms with Crippen molar-refractivity contribution in [2.75, 3.05) is 13.7 Å². The van der Waals surface area contributed by atoms with Gasteiger partial charge in [0.15, 0.2) is 12.4 Å². The Kier molecular flexibility index (Phi) is 11.7. The highest BCUT2D eigenvalue weighted by molar-refractivity contribution is 5.69. The summed E-state index contributed by atoms with van der Waals surface area (Å²) in [6.45, 7) is 25.2. The standard InChI is InChI=1S/C39H64O9/c1-22(2)24(5)12-19-39(10,44)27-14-18-38(9)32(27)29(48-35-34(47-25(6)40)33(43)28(41)21-46-35)20-30-36(7,16-15-31(42)45-11)26(23(3)4)13-17-37(30,38)8/h22,26-30,32-35,41,43-44H,3,5,12-21H2,1-2,4,6-11H3. The van der Waals surface area contributed by atoms with Gasteiger partial charge in [0.05, 0.1) is 25.4 Å². The molecule has 4 fully saturated rings. The molecule has 1 heterocycles. The lowest BCUT2D eigenvalue weighted by atomic mass is 9.37. The van der Waals surface area contributed by atoms with Crippen LogP contribution in [-0.4, -0.2) is 77.3 Å². The van der Waals surface area contributed by atoms with E-state index in [-0.39, 0.29) is 52.5 Å². The van der Waals surface area contributed by atoms with Crippen molar-refractivity contribution in [3.8, 4) is 0 Å². The Morgan fingerprint density at radius 3 is 2.27 bits per heavy atom. The topological polar surface area (TPSA) is 132 Å². The fourth-order valence-corrected chi connectivity index (χ4v) is 10.8. The van der Waals surface area contributed by atoms with Crippen LogP contribution in [0.3, 0.4) is 0 Å². The molecule has 274 valence electrons. The summed E-state index contributed by atoms with van der Waals surface area (Å²) in [6.07, 6.45) is 1.26. The van der Waals surface area contributed by atoms with Crippen molar-refractivity contribution in [3.63, 3.8) is 0 Å². The summed E-state index contributed by atoms with van der Waals surface area (Å²) in [6, 6.07) is 0. The number of allylic oxidation sites excluding steroid dienone is 2. The lowest BCUT2D eigenvalue weighted by Gasteiger charge is -2.68. The molecule has 0 aromatic carbocycles. The van der Waals surface area contributed by atoms with Crippen LogP contribution >= 0.6 is 0 Å². The minimum Gasteiger partial charge on any atom is -0.469 e. The maximum Gasteiger partial charge on any atom is 0.305 e. The fourth-order valence-electron chi connectivity index (χ4n) is 10.8. The van der Waals surface area contributed by atoms with Gasteiger partial charge in [0, 0.05) is 13.3 Å². The van der Waals surface area contributed by atoms with Crippen molar-refractivity contribution in [2.45, 2.75) is 149 Å². The monoisotopic (exact) mass is 676 g/mol. The Bertz CT molecular complexity index is 1210. The third-order valence-electron chi connectivity index (χ3n) is 13.9. The Morgan fingerprint density at radius 2 is 1.69 bits per heavy atom. The molecule has 0 radical (unpaired) electrons. The molecule has 13 unspecified atom stereocenters. The summed E-state index contributed by atoms with van der Waals surface area (Å²) in [4.78, 5) is 24.7. The van der Waals surface area contributed by atoms with Crippen LogP contribution in [0.2, 0.25) is 0 Å². The van der Waals surface area contributed by atoms with Crippen molar-refractivity contribution in [3.05, 3.63) is 24.3 Å². The third kappa shape index (κ3) is 7.05. The summed E-state index contributed by atoms with van der Waals surface area (Å²) >= 11 is 0. The van der Waals surface area contributed by atoms with Crippen LogP contribution in [0.15, 0.2) is 24.3 Å². The van der Waals surface area contributed by atoms with Gasteiger partial charge in [-0.25, -0.2) is 0 Å². The molecule has 0 bridgehead atoms. The van der Waals surface area contributed by atoms with Gasteiger partial charge in [0.25, 0.3) is 0 Å². The van der Waals surface area contributed by atoms with Crippen molar-refractivity contribution in [1.29, 1.82) is 0 Å². The first-order valence-electron chi connectivity index (χ1n) is 18.2. The average Bonchev–Trinajstić information content (AvgIpc) is 3.39. The van der Waals surface area contributed by atoms with Crippen molar-refractivity contribution in [2.24, 2.45) is 45.8 Å². The van der Waals surface area contributed by atoms with Gasteiger partial charge >= 0.3 is 11.9 Å². The first kappa shape index (κ1) is 39.0. The second-order valence-corrected chi connectivity index (χ2v) is 17.0. The molecule has 1 aliphatic heterocycles. The van der Waals surface area contributed by atoms with Gasteiger partial charge in [-0.3, -0.25) is 9.59 Å². The number of fused-ring (bicyclic) bond motifs is 3. The quantitative estimate of drug-likeness (QED) is 0.127. The zero-order valence-electron chi connectivity index (χ0n) is 31.0. The van der Waals surface area contributed by atoms with Crippen LogP contribution in [0, 0.1) is 45.8 Å². The Morgan fingerprint density at radius 1 is 1.04 bits per heavy atom. The largest absolute Gasteiger partial charge is 0.469 e. The van der Waals surface area contributed by atoms with E-state index >= 15 is 0 Å². The van der Waals surface area contributed by atoms with E-state index in [2.05, 4.69) is 54.7 Å². The van der Waals surface area contributed by atoms with E-state index in [0.29, 0.717) is 31.6 Å². The minimum absolute atomic E-state index is 0.0714. The lowest BCUT2D eigenvalue weighted by molar-refractivity contribution is -0.314. The van der Waals surface area contributed by atoms with Gasteiger partial charge in [-0.1, -0.05) is 58.9 Å². The zero-order valence-corrected chi connectivity index (χ0v) is 31.0. The van der Waals surface area contributed by atoms with Crippen molar-refractivity contribution >= 4 is 11.9 Å². The van der Waals surface area contributed by atoms with Crippen molar-refractivity contribution < 1.29 is 43.9 Å². The van der Waals surface area contributed by atoms with Crippen LogP contribution in [-0.2, 0) is 28.5 Å². The Hall–Kier alpha value is -1.78. The maximum atomic E-state index is 12.6. The van der Waals surface area contributed by atoms with E-state index in [4.69, 9.17) is 18.9 Å². The number of carbonyl (C=O) groups excluding carboxylic acids is 2. The Balaban J connectivity index is 1.81. The summed E-state index contributed by atoms with van der Waals surface area (Å²) in [7, 11) is 1.43. The van der Waals surface area contributed by atoms with E-state index < -0.39 is 42.3 Å². The van der Waals surface area contributed by atoms with Gasteiger partial charge in [-0.05, 0) is 111 Å². The van der Waals surface area contributed by atoms with Gasteiger partial charge in [-0.2, -0.15) is 0 Å². The number of hydrogen-bond acceptors (Lipinski definition) is 9. The Labute approximate surface area is 288 Å². The molecular formula is C39H64O9. The second-order valence-electron chi connectivity index (χ2n) is 17.0. The smallest absolute Gasteiger partial charge is 0.305 e. The molecule has 9 nitrogen and oxygen atoms in total. The summed E-state index contributed by atoms with van der Waals surface area (Å²) < 4.78 is 23.6. The molecule has 3 aliphatic carbocycles. The number of aliphatic hydroxyl groups is 3. The first-order valence-corrected chi connectivity index (χ1v) is 18.2. The molecule has 3 N–H and O–H groups in total. The molecule has 3 saturated carbocycles. The number of carbonyl (C=O) groups is 2. The number of esters is 2. The van der Waals surface area contributed by atoms with Gasteiger partial charge < -0.3 is 34.3 Å². The van der Waals surface area contributed by atoms with Gasteiger partial charge in [0.1, 0.15) is 12.2 Å². The molecule has 1 saturated heterocycles. The fraction of sp³-hybridized carbons (Fsp3) is 0.846. The lowest BCUT2D eigenvalue weighted by Crippen LogP contribution is -2.65. The predicted molar refractivity (Wildman–Crippen MR) is 183 cm³/mol. The molecule has 0 spiro atoms. The molecule has 13 atom stereocenters. The maximum absolute atomic E-state index is 12.6. The van der Waals surface area contributed by atoms with E-state index in [1.54, 1.807) is 0 Å². The van der Waals surface area contributed by atoms with Crippen LogP contribution in [0.5, 0.6) is 0 Å². The van der Waals surface area contributed by atoms with Crippen LogP contribution in [0.25, 0.3) is 0 Å². The first-order chi connectivity index (χ1) is 22.2. The number of ether oxygens (including phenoxy) is 4. The highest BCUT2D eigenvalue weighted by Crippen LogP contribution is 2.74. The number of hydrogen-bond donors (Lipinski definition) is 3. The highest BCUT2D eigenvalue weighted by atomic mass is 16.7. The van der Waals surface area contributed by atoms with Crippen LogP contribution in [0.4, 0.5) is 0 Å². The van der Waals surface area contributed by atoms with E-state index in [1.165, 1.54) is 14.0 Å².